The van der Waals surface area contributed by atoms with Gasteiger partial charge >= 0.3 is 11.9 Å². The van der Waals surface area contributed by atoms with Gasteiger partial charge in [-0.3, -0.25) is 19.8 Å². The number of rotatable bonds is 31. The Hall–Kier alpha value is -3.01. The topological polar surface area (TPSA) is 164 Å². The van der Waals surface area contributed by atoms with E-state index in [2.05, 4.69) is 89.2 Å². The van der Waals surface area contributed by atoms with Crippen LogP contribution in [0, 0.1) is 27.9 Å². The molecule has 17 heteroatoms. The summed E-state index contributed by atoms with van der Waals surface area (Å²) in [5.41, 5.74) is -1.18. The minimum Gasteiger partial charge on any atom is -0.457 e. The van der Waals surface area contributed by atoms with Crippen LogP contribution in [0.2, 0.25) is 54.4 Å². The lowest BCUT2D eigenvalue weighted by atomic mass is 9.82. The van der Waals surface area contributed by atoms with E-state index in [9.17, 15) is 19.7 Å². The van der Waals surface area contributed by atoms with Gasteiger partial charge in [0.2, 0.25) is 0 Å². The number of esters is 1. The maximum absolute atomic E-state index is 14.4. The lowest BCUT2D eigenvalue weighted by Crippen LogP contribution is -2.47. The number of hydrogen-bond acceptors (Lipinski definition) is 13. The number of benzene rings is 1. The van der Waals surface area contributed by atoms with Gasteiger partial charge in [0.15, 0.2) is 37.0 Å². The molecule has 0 aliphatic carbocycles. The second kappa shape index (κ2) is 30.2. The smallest absolute Gasteiger partial charge is 0.365 e. The first-order valence-corrected chi connectivity index (χ1v) is 36.0. The van der Waals surface area contributed by atoms with Crippen LogP contribution in [-0.2, 0) is 46.7 Å². The Bertz CT molecular complexity index is 1950. The molecular weight excluding hydrogens is 991 g/mol. The fraction of sp³-hybridized carbons (Fsp3) is 0.754. The maximum atomic E-state index is 14.4. The predicted molar refractivity (Wildman–Crippen MR) is 302 cm³/mol. The van der Waals surface area contributed by atoms with E-state index in [-0.39, 0.29) is 48.1 Å². The van der Waals surface area contributed by atoms with Gasteiger partial charge in [0.1, 0.15) is 12.0 Å². The van der Waals surface area contributed by atoms with Crippen molar-refractivity contribution in [3.63, 3.8) is 0 Å². The van der Waals surface area contributed by atoms with Crippen LogP contribution in [-0.4, -0.2) is 96.4 Å². The summed E-state index contributed by atoms with van der Waals surface area (Å²) in [4.78, 5) is 50.6. The summed E-state index contributed by atoms with van der Waals surface area (Å²) in [5, 5.41) is 11.3. The first-order chi connectivity index (χ1) is 35.0. The highest BCUT2D eigenvalue weighted by Crippen LogP contribution is 2.43. The van der Waals surface area contributed by atoms with Crippen LogP contribution in [0.5, 0.6) is 5.75 Å². The minimum absolute atomic E-state index is 0.0212. The van der Waals surface area contributed by atoms with Gasteiger partial charge in [-0.1, -0.05) is 113 Å². The summed E-state index contributed by atoms with van der Waals surface area (Å²) >= 11 is 0. The molecule has 74 heavy (non-hydrogen) atoms. The molecule has 3 rings (SSSR count). The molecule has 0 N–H and O–H groups in total. The Morgan fingerprint density at radius 2 is 1.47 bits per heavy atom. The Morgan fingerprint density at radius 3 is 2.00 bits per heavy atom. The highest BCUT2D eigenvalue weighted by atomic mass is 28.4. The van der Waals surface area contributed by atoms with Gasteiger partial charge < -0.3 is 32.2 Å². The van der Waals surface area contributed by atoms with Crippen LogP contribution in [0.1, 0.15) is 150 Å². The third-order valence-corrected chi connectivity index (χ3v) is 30.9. The summed E-state index contributed by atoms with van der Waals surface area (Å²) in [7, 11) is -6.18. The molecule has 422 valence electrons. The van der Waals surface area contributed by atoms with Crippen LogP contribution in [0.25, 0.3) is 0 Å². The Balaban J connectivity index is 2.12. The highest BCUT2D eigenvalue weighted by molar-refractivity contribution is 6.74. The monoisotopic (exact) mass is 1090 g/mol. The van der Waals surface area contributed by atoms with Gasteiger partial charge in [-0.2, -0.15) is 0 Å². The number of nitrogens with zero attached hydrogens (tertiary/aromatic N) is 1. The quantitative estimate of drug-likeness (QED) is 0.00795. The normalized spacial score (nSPS) is 25.5. The van der Waals surface area contributed by atoms with Gasteiger partial charge in [0.05, 0.1) is 40.9 Å². The maximum Gasteiger partial charge on any atom is 0.365 e. The fourth-order valence-electron chi connectivity index (χ4n) is 11.0. The molecule has 14 nitrogen and oxygen atoms in total. The predicted octanol–water partition coefficient (Wildman–Crippen LogP) is 14.8. The van der Waals surface area contributed by atoms with Crippen molar-refractivity contribution in [3.8, 4) is 5.75 Å². The molecule has 1 fully saturated rings. The van der Waals surface area contributed by atoms with Crippen molar-refractivity contribution in [1.29, 1.82) is 0 Å². The Morgan fingerprint density at radius 1 is 0.892 bits per heavy atom. The highest BCUT2D eigenvalue weighted by Gasteiger charge is 2.51. The first-order valence-electron chi connectivity index (χ1n) is 28.4. The largest absolute Gasteiger partial charge is 0.457 e. The molecule has 1 aromatic rings. The molecule has 11 atom stereocenters. The second-order valence-corrected chi connectivity index (χ2v) is 35.6. The minimum atomic E-state index is -2.25. The van der Waals surface area contributed by atoms with E-state index < -0.39 is 77.4 Å². The number of nitro benzene ring substituents is 1. The number of carbonyl (C=O) groups excluding carboxylic acids is 2. The van der Waals surface area contributed by atoms with E-state index in [1.807, 2.05) is 45.9 Å². The van der Waals surface area contributed by atoms with Crippen molar-refractivity contribution in [1.82, 2.24) is 0 Å². The summed E-state index contributed by atoms with van der Waals surface area (Å²) in [6.07, 6.45) is 10.5. The summed E-state index contributed by atoms with van der Waals surface area (Å²) in [5.74, 6) is -2.21. The van der Waals surface area contributed by atoms with E-state index in [0.717, 1.165) is 66.4 Å². The number of cyclic esters (lactones) is 1. The van der Waals surface area contributed by atoms with Gasteiger partial charge in [-0.25, -0.2) is 9.68 Å². The lowest BCUT2D eigenvalue weighted by molar-refractivity contribution is -0.384. The van der Waals surface area contributed by atoms with Crippen LogP contribution in [0.15, 0.2) is 60.2 Å². The molecule has 0 saturated carbocycles. The Kier molecular flexibility index (Phi) is 26.7. The van der Waals surface area contributed by atoms with Crippen molar-refractivity contribution in [2.24, 2.45) is 17.8 Å². The zero-order valence-electron chi connectivity index (χ0n) is 48.8. The number of carbonyl (C=O) groups is 2. The van der Waals surface area contributed by atoms with Gasteiger partial charge in [0, 0.05) is 43.1 Å². The molecule has 1 aromatic carbocycles. The fourth-order valence-corrected chi connectivity index (χ4v) is 20.0. The number of allylic oxidation sites excluding steroid dienone is 2. The number of nitro groups is 1. The van der Waals surface area contributed by atoms with E-state index in [0.29, 0.717) is 25.9 Å². The number of non-ortho nitro benzene ring substituents is 1. The van der Waals surface area contributed by atoms with E-state index >= 15 is 0 Å². The van der Waals surface area contributed by atoms with Gasteiger partial charge in [-0.05, 0) is 126 Å². The van der Waals surface area contributed by atoms with Crippen molar-refractivity contribution >= 4 is 42.6 Å². The summed E-state index contributed by atoms with van der Waals surface area (Å²) < 4.78 is 47.1. The second-order valence-electron chi connectivity index (χ2n) is 21.5. The zero-order chi connectivity index (χ0) is 55.5. The average molecular weight is 1090 g/mol. The molecule has 1 saturated heterocycles. The third kappa shape index (κ3) is 18.3. The Labute approximate surface area is 449 Å². The van der Waals surface area contributed by atoms with Crippen LogP contribution in [0.4, 0.5) is 5.69 Å². The van der Waals surface area contributed by atoms with Crippen LogP contribution < -0.4 is 4.89 Å². The molecule has 2 heterocycles. The molecule has 0 amide bonds. The SMILES string of the molecule is CCOC(C)OC1(C)CCC(O[Si](CC)(CC)CC)CC(=O)OC(C(C)=CC=CC(C)(CC2OC2C(C)C(CC)O[Si](CC)(CC)CC)O[Si](CC)(CC)CC)C(C)C=CC1C(=O)OOc1ccc([N+](=O)[O-])cc1. The van der Waals surface area contributed by atoms with Gasteiger partial charge in [-0.15, -0.1) is 0 Å². The molecule has 0 bridgehead atoms. The molecular formula is C57H99NO13Si3. The standard InChI is InChI=1S/C57H99NO13Si3/c1-18-50(70-73(23-6,24-7)25-8)44(14)54-51(64-54)41-56(16,71-74(26-9,27-10)28-11)38-29-30-42(12)53-43(13)31-36-49(55(60)68-67-47-34-32-46(33-35-47)58(61)62)57(17,66-45(15)63-19-2)39-37-48(40-52(59)65-53)69-72(20-3,21-4)22-5/h29-36,38,43-45,48-51,53-54H,18-28,37,39-41H2,1-17H3. The molecule has 0 aromatic heterocycles. The van der Waals surface area contributed by atoms with Gasteiger partial charge in [0.25, 0.3) is 5.69 Å². The molecule has 0 spiro atoms. The summed E-state index contributed by atoms with van der Waals surface area (Å²) in [6.45, 7) is 36.6. The number of hydrogen-bond donors (Lipinski definition) is 0. The van der Waals surface area contributed by atoms with Crippen molar-refractivity contribution in [2.75, 3.05) is 6.61 Å². The van der Waals surface area contributed by atoms with E-state index in [1.165, 1.54) is 24.3 Å². The number of ether oxygens (including phenoxy) is 4. The first kappa shape index (κ1) is 65.3. The van der Waals surface area contributed by atoms with E-state index in [4.69, 9.17) is 42.0 Å². The molecule has 11 unspecified atom stereocenters. The average Bonchev–Trinajstić information content (AvgIpc) is 4.15. The molecule has 0 radical (unpaired) electrons. The summed E-state index contributed by atoms with van der Waals surface area (Å²) in [6, 6.07) is 14.3. The van der Waals surface area contributed by atoms with Crippen molar-refractivity contribution in [3.05, 3.63) is 70.3 Å². The lowest BCUT2D eigenvalue weighted by Gasteiger charge is -2.39. The van der Waals surface area contributed by atoms with Crippen LogP contribution in [0.3, 0.4) is 0 Å². The number of epoxide rings is 1. The van der Waals surface area contributed by atoms with E-state index in [1.54, 1.807) is 13.0 Å². The van der Waals surface area contributed by atoms with Crippen molar-refractivity contribution in [2.45, 2.75) is 252 Å². The zero-order valence-corrected chi connectivity index (χ0v) is 51.8. The molecule has 2 aliphatic heterocycles. The van der Waals surface area contributed by atoms with Crippen LogP contribution >= 0.6 is 0 Å². The van der Waals surface area contributed by atoms with Crippen molar-refractivity contribution < 1.29 is 56.5 Å². The third-order valence-electron chi connectivity index (χ3n) is 16.8. The molecule has 2 aliphatic rings.